The van der Waals surface area contributed by atoms with Gasteiger partial charge >= 0.3 is 5.97 Å². The van der Waals surface area contributed by atoms with E-state index >= 15 is 0 Å². The smallest absolute Gasteiger partial charge is 0.354 e. The molecule has 0 saturated heterocycles. The van der Waals surface area contributed by atoms with Gasteiger partial charge in [0.15, 0.2) is 5.69 Å². The Labute approximate surface area is 98.7 Å². The van der Waals surface area contributed by atoms with Crippen molar-refractivity contribution in [1.82, 2.24) is 9.97 Å². The van der Waals surface area contributed by atoms with Crippen LogP contribution in [0.4, 0.5) is 5.95 Å². The molecule has 0 aliphatic rings. The molecule has 0 saturated carbocycles. The number of anilines is 1. The van der Waals surface area contributed by atoms with E-state index < -0.39 is 5.97 Å². The Morgan fingerprint density at radius 3 is 3.06 bits per heavy atom. The minimum absolute atomic E-state index is 0.0154. The van der Waals surface area contributed by atoms with Gasteiger partial charge in [-0.05, 0) is 30.9 Å². The molecule has 2 N–H and O–H groups in total. The second-order valence-corrected chi connectivity index (χ2v) is 4.18. The van der Waals surface area contributed by atoms with Crippen molar-refractivity contribution in [2.24, 2.45) is 0 Å². The molecule has 6 heteroatoms. The van der Waals surface area contributed by atoms with Crippen LogP contribution in [0, 0.1) is 0 Å². The standard InChI is InChI=1S/C10H15N3O2S/c1-16-7-3-2-5-11-10-12-6-4-8(13-10)9(14)15/h4,6H,2-3,5,7H2,1H3,(H,14,15)(H,11,12,13). The maximum absolute atomic E-state index is 10.6. The number of unbranched alkanes of at least 4 members (excludes halogenated alkanes) is 1. The monoisotopic (exact) mass is 241 g/mol. The molecule has 0 fully saturated rings. The van der Waals surface area contributed by atoms with Crippen molar-refractivity contribution in [3.8, 4) is 0 Å². The van der Waals surface area contributed by atoms with Crippen LogP contribution in [0.3, 0.4) is 0 Å². The number of aromatic nitrogens is 2. The maximum Gasteiger partial charge on any atom is 0.354 e. The third kappa shape index (κ3) is 4.48. The minimum atomic E-state index is -1.03. The molecule has 0 spiro atoms. The summed E-state index contributed by atoms with van der Waals surface area (Å²) in [5.74, 6) is 0.481. The molecule has 1 aromatic rings. The topological polar surface area (TPSA) is 75.1 Å². The highest BCUT2D eigenvalue weighted by Crippen LogP contribution is 2.02. The normalized spacial score (nSPS) is 10.1. The second kappa shape index (κ2) is 7.05. The maximum atomic E-state index is 10.6. The van der Waals surface area contributed by atoms with Crippen LogP contribution in [0.15, 0.2) is 12.3 Å². The summed E-state index contributed by atoms with van der Waals surface area (Å²) in [6, 6.07) is 1.38. The predicted molar refractivity (Wildman–Crippen MR) is 65.1 cm³/mol. The Kier molecular flexibility index (Phi) is 5.63. The number of rotatable bonds is 7. The molecule has 0 unspecified atom stereocenters. The molecular formula is C10H15N3O2S. The van der Waals surface area contributed by atoms with Crippen molar-refractivity contribution in [1.29, 1.82) is 0 Å². The van der Waals surface area contributed by atoms with Crippen molar-refractivity contribution in [2.75, 3.05) is 23.9 Å². The van der Waals surface area contributed by atoms with E-state index in [1.807, 2.05) is 11.8 Å². The summed E-state index contributed by atoms with van der Waals surface area (Å²) >= 11 is 1.82. The number of nitrogens with one attached hydrogen (secondary N) is 1. The lowest BCUT2D eigenvalue weighted by Crippen LogP contribution is -2.08. The van der Waals surface area contributed by atoms with Gasteiger partial charge in [0.2, 0.25) is 5.95 Å². The Morgan fingerprint density at radius 1 is 1.56 bits per heavy atom. The van der Waals surface area contributed by atoms with Crippen LogP contribution in [-0.2, 0) is 0 Å². The Bertz CT molecular complexity index is 347. The zero-order chi connectivity index (χ0) is 11.8. The minimum Gasteiger partial charge on any atom is -0.477 e. The molecular weight excluding hydrogens is 226 g/mol. The largest absolute Gasteiger partial charge is 0.477 e. The van der Waals surface area contributed by atoms with Gasteiger partial charge in [-0.25, -0.2) is 14.8 Å². The molecule has 0 radical (unpaired) electrons. The van der Waals surface area contributed by atoms with Gasteiger partial charge in [-0.2, -0.15) is 11.8 Å². The summed E-state index contributed by atoms with van der Waals surface area (Å²) in [4.78, 5) is 18.5. The molecule has 0 bridgehead atoms. The fraction of sp³-hybridized carbons (Fsp3) is 0.500. The molecule has 0 aliphatic heterocycles. The SMILES string of the molecule is CSCCCCNc1nccc(C(=O)O)n1. The fourth-order valence-corrected chi connectivity index (χ4v) is 1.63. The van der Waals surface area contributed by atoms with Gasteiger partial charge < -0.3 is 10.4 Å². The number of hydrogen-bond donors (Lipinski definition) is 2. The quantitative estimate of drug-likeness (QED) is 0.708. The summed E-state index contributed by atoms with van der Waals surface area (Å²) < 4.78 is 0. The van der Waals surface area contributed by atoms with Gasteiger partial charge in [0.1, 0.15) is 0 Å². The molecule has 0 aliphatic carbocycles. The van der Waals surface area contributed by atoms with E-state index in [1.165, 1.54) is 12.3 Å². The van der Waals surface area contributed by atoms with Crippen molar-refractivity contribution in [2.45, 2.75) is 12.8 Å². The zero-order valence-electron chi connectivity index (χ0n) is 9.14. The van der Waals surface area contributed by atoms with E-state index in [9.17, 15) is 4.79 Å². The molecule has 0 atom stereocenters. The van der Waals surface area contributed by atoms with Crippen LogP contribution in [0.1, 0.15) is 23.3 Å². The van der Waals surface area contributed by atoms with Gasteiger partial charge in [0, 0.05) is 12.7 Å². The van der Waals surface area contributed by atoms with Gasteiger partial charge in [0.05, 0.1) is 0 Å². The summed E-state index contributed by atoms with van der Waals surface area (Å²) in [5, 5.41) is 11.7. The van der Waals surface area contributed by atoms with Gasteiger partial charge in [0.25, 0.3) is 0 Å². The molecule has 5 nitrogen and oxygen atoms in total. The van der Waals surface area contributed by atoms with Gasteiger partial charge in [-0.3, -0.25) is 0 Å². The summed E-state index contributed by atoms with van der Waals surface area (Å²) in [6.07, 6.45) is 5.68. The first kappa shape index (κ1) is 12.8. The number of carbonyl (C=O) groups is 1. The van der Waals surface area contributed by atoms with Crippen LogP contribution < -0.4 is 5.32 Å². The number of aromatic carboxylic acids is 1. The first-order valence-electron chi connectivity index (χ1n) is 5.03. The predicted octanol–water partition coefficient (Wildman–Crippen LogP) is 1.73. The van der Waals surface area contributed by atoms with Crippen LogP contribution in [0.5, 0.6) is 0 Å². The van der Waals surface area contributed by atoms with Crippen LogP contribution >= 0.6 is 11.8 Å². The molecule has 16 heavy (non-hydrogen) atoms. The van der Waals surface area contributed by atoms with Crippen molar-refractivity contribution in [3.63, 3.8) is 0 Å². The first-order chi connectivity index (χ1) is 7.74. The Balaban J connectivity index is 2.36. The molecule has 0 amide bonds. The average Bonchev–Trinajstić information content (AvgIpc) is 2.29. The third-order valence-electron chi connectivity index (χ3n) is 1.93. The summed E-state index contributed by atoms with van der Waals surface area (Å²) in [7, 11) is 0. The molecule has 1 rings (SSSR count). The van der Waals surface area contributed by atoms with E-state index in [1.54, 1.807) is 0 Å². The van der Waals surface area contributed by atoms with Crippen molar-refractivity contribution >= 4 is 23.7 Å². The van der Waals surface area contributed by atoms with Crippen LogP contribution in [-0.4, -0.2) is 39.6 Å². The molecule has 1 heterocycles. The molecule has 0 aromatic carbocycles. The fourth-order valence-electron chi connectivity index (χ4n) is 1.13. The summed E-state index contributed by atoms with van der Waals surface area (Å²) in [5.41, 5.74) is 0.0154. The highest BCUT2D eigenvalue weighted by molar-refractivity contribution is 7.98. The van der Waals surface area contributed by atoms with Crippen LogP contribution in [0.25, 0.3) is 0 Å². The van der Waals surface area contributed by atoms with Gasteiger partial charge in [-0.1, -0.05) is 0 Å². The number of hydrogen-bond acceptors (Lipinski definition) is 5. The highest BCUT2D eigenvalue weighted by Gasteiger charge is 2.05. The Hall–Kier alpha value is -1.30. The van der Waals surface area contributed by atoms with E-state index in [2.05, 4.69) is 21.5 Å². The van der Waals surface area contributed by atoms with Crippen molar-refractivity contribution < 1.29 is 9.90 Å². The first-order valence-corrected chi connectivity index (χ1v) is 6.42. The Morgan fingerprint density at radius 2 is 2.38 bits per heavy atom. The van der Waals surface area contributed by atoms with Crippen molar-refractivity contribution in [3.05, 3.63) is 18.0 Å². The summed E-state index contributed by atoms with van der Waals surface area (Å²) in [6.45, 7) is 0.767. The van der Waals surface area contributed by atoms with E-state index in [-0.39, 0.29) is 5.69 Å². The number of thioether (sulfide) groups is 1. The lowest BCUT2D eigenvalue weighted by atomic mass is 10.3. The lowest BCUT2D eigenvalue weighted by Gasteiger charge is -2.04. The molecule has 88 valence electrons. The lowest BCUT2D eigenvalue weighted by molar-refractivity contribution is 0.0690. The number of carboxylic acids is 1. The third-order valence-corrected chi connectivity index (χ3v) is 2.63. The number of carboxylic acid groups (broad SMARTS) is 1. The number of nitrogens with zero attached hydrogens (tertiary/aromatic N) is 2. The van der Waals surface area contributed by atoms with Gasteiger partial charge in [-0.15, -0.1) is 0 Å². The average molecular weight is 241 g/mol. The van der Waals surface area contributed by atoms with E-state index in [0.717, 1.165) is 25.1 Å². The zero-order valence-corrected chi connectivity index (χ0v) is 9.96. The van der Waals surface area contributed by atoms with Crippen LogP contribution in [0.2, 0.25) is 0 Å². The highest BCUT2D eigenvalue weighted by atomic mass is 32.2. The van der Waals surface area contributed by atoms with E-state index in [4.69, 9.17) is 5.11 Å². The molecule has 1 aromatic heterocycles. The second-order valence-electron chi connectivity index (χ2n) is 3.20. The van der Waals surface area contributed by atoms with E-state index in [0.29, 0.717) is 5.95 Å².